The number of carbonyl (C=O) groups excluding carboxylic acids is 2. The second kappa shape index (κ2) is 16.4. The lowest BCUT2D eigenvalue weighted by Gasteiger charge is -2.39. The highest BCUT2D eigenvalue weighted by Crippen LogP contribution is 2.48. The van der Waals surface area contributed by atoms with Crippen molar-refractivity contribution in [2.45, 2.75) is 43.5 Å². The highest BCUT2D eigenvalue weighted by Gasteiger charge is 2.76. The largest absolute Gasteiger partial charge is 0.463 e. The molecule has 1 aliphatic rings. The predicted octanol–water partition coefficient (Wildman–Crippen LogP) is 7.94. The normalized spacial score (nSPS) is 20.0. The molecular formula is C25H18F6I6O9S. The molecule has 1 fully saturated rings. The van der Waals surface area contributed by atoms with Crippen LogP contribution in [0.3, 0.4) is 0 Å². The van der Waals surface area contributed by atoms with Crippen LogP contribution in [0, 0.1) is 39.2 Å². The predicted molar refractivity (Wildman–Crippen MR) is 203 cm³/mol. The first-order chi connectivity index (χ1) is 21.3. The van der Waals surface area contributed by atoms with Gasteiger partial charge in [-0.1, -0.05) is 0 Å². The maximum atomic E-state index is 13.9. The average molecular weight is 1370 g/mol. The third-order valence-corrected chi connectivity index (χ3v) is 12.0. The van der Waals surface area contributed by atoms with Crippen LogP contribution in [0.1, 0.15) is 19.3 Å². The van der Waals surface area contributed by atoms with E-state index in [1.165, 1.54) is 0 Å². The Labute approximate surface area is 345 Å². The lowest BCUT2D eigenvalue weighted by molar-refractivity contribution is -0.362. The number of benzene rings is 2. The van der Waals surface area contributed by atoms with Crippen LogP contribution in [0.25, 0.3) is 0 Å². The lowest BCUT2D eigenvalue weighted by atomic mass is 9.74. The van der Waals surface area contributed by atoms with Gasteiger partial charge in [-0.3, -0.25) is 14.1 Å². The molecule has 1 aliphatic carbocycles. The van der Waals surface area contributed by atoms with Gasteiger partial charge in [0.15, 0.2) is 12.0 Å². The molecule has 262 valence electrons. The molecule has 47 heavy (non-hydrogen) atoms. The number of alkyl halides is 6. The fourth-order valence-electron chi connectivity index (χ4n) is 4.63. The first-order valence-corrected chi connectivity index (χ1v) is 20.6. The molecule has 1 saturated carbocycles. The summed E-state index contributed by atoms with van der Waals surface area (Å²) in [6.07, 6.45) is -16.4. The Morgan fingerprint density at radius 3 is 1.57 bits per heavy atom. The van der Waals surface area contributed by atoms with E-state index in [4.69, 9.17) is 14.0 Å². The maximum absolute atomic E-state index is 13.9. The fraction of sp³-hybridized carbons (Fsp3) is 0.440. The molecule has 0 heterocycles. The molecule has 0 radical (unpaired) electrons. The fourth-order valence-corrected chi connectivity index (χ4v) is 13.2. The van der Waals surface area contributed by atoms with Crippen LogP contribution in [0.4, 0.5) is 26.3 Å². The SMILES string of the molecule is O=C(Oc1c(I)cc(I)cc1I)C1CC(C(=O)OC(CS(=O)(=O)O)(C(F)(F)F)C(F)(F)F)CC(C(O)Oc2c(I)cc(I)cc2I)C1. The topological polar surface area (TPSA) is 136 Å². The molecule has 0 amide bonds. The van der Waals surface area contributed by atoms with Crippen molar-refractivity contribution < 1.29 is 68.2 Å². The van der Waals surface area contributed by atoms with E-state index in [1.807, 2.05) is 136 Å². The van der Waals surface area contributed by atoms with Gasteiger partial charge >= 0.3 is 29.9 Å². The minimum absolute atomic E-state index is 0.124. The van der Waals surface area contributed by atoms with Gasteiger partial charge in [-0.15, -0.1) is 0 Å². The van der Waals surface area contributed by atoms with Crippen molar-refractivity contribution >= 4 is 158 Å². The van der Waals surface area contributed by atoms with Gasteiger partial charge in [0.25, 0.3) is 10.1 Å². The zero-order chi connectivity index (χ0) is 35.9. The molecule has 9 nitrogen and oxygen atoms in total. The van der Waals surface area contributed by atoms with Crippen molar-refractivity contribution in [3.05, 3.63) is 45.7 Å². The number of hydrogen-bond donors (Lipinski definition) is 2. The van der Waals surface area contributed by atoms with Crippen molar-refractivity contribution in [2.75, 3.05) is 5.75 Å². The van der Waals surface area contributed by atoms with Crippen LogP contribution in [0.5, 0.6) is 11.5 Å². The zero-order valence-corrected chi connectivity index (χ0v) is 36.4. The number of halogens is 12. The third-order valence-electron chi connectivity index (χ3n) is 6.76. The number of esters is 2. The van der Waals surface area contributed by atoms with E-state index < -0.39 is 82.6 Å². The van der Waals surface area contributed by atoms with Crippen LogP contribution in [0.15, 0.2) is 24.3 Å². The Balaban J connectivity index is 2.02. The van der Waals surface area contributed by atoms with Crippen LogP contribution in [0.2, 0.25) is 0 Å². The van der Waals surface area contributed by atoms with Gasteiger partial charge in [0.05, 0.1) is 26.1 Å². The van der Waals surface area contributed by atoms with Gasteiger partial charge in [0.1, 0.15) is 11.5 Å². The molecule has 4 atom stereocenters. The van der Waals surface area contributed by atoms with Gasteiger partial charge in [-0.25, -0.2) is 0 Å². The summed E-state index contributed by atoms with van der Waals surface area (Å²) in [5.41, 5.74) is -5.64. The van der Waals surface area contributed by atoms with Crippen molar-refractivity contribution in [1.82, 2.24) is 0 Å². The molecule has 2 N–H and O–H groups in total. The molecule has 0 bridgehead atoms. The van der Waals surface area contributed by atoms with Crippen LogP contribution >= 0.6 is 136 Å². The Bertz CT molecular complexity index is 1580. The Morgan fingerprint density at radius 1 is 0.766 bits per heavy atom. The van der Waals surface area contributed by atoms with Crippen LogP contribution < -0.4 is 9.47 Å². The summed E-state index contributed by atoms with van der Waals surface area (Å²) in [6.45, 7) is 0. The van der Waals surface area contributed by atoms with Gasteiger partial charge in [-0.2, -0.15) is 34.8 Å². The molecule has 0 saturated heterocycles. The monoisotopic (exact) mass is 1370 g/mol. The van der Waals surface area contributed by atoms with E-state index >= 15 is 0 Å². The first-order valence-electron chi connectivity index (χ1n) is 12.5. The molecule has 2 aromatic rings. The maximum Gasteiger partial charge on any atom is 0.438 e. The Kier molecular flexibility index (Phi) is 14.8. The van der Waals surface area contributed by atoms with Crippen LogP contribution in [-0.2, 0) is 24.4 Å². The van der Waals surface area contributed by atoms with Gasteiger partial charge in [-0.05, 0) is 179 Å². The number of aliphatic hydroxyl groups is 1. The highest BCUT2D eigenvalue weighted by molar-refractivity contribution is 14.1. The third kappa shape index (κ3) is 10.8. The summed E-state index contributed by atoms with van der Waals surface area (Å²) in [4.78, 5) is 26.6. The average Bonchev–Trinajstić information content (AvgIpc) is 2.89. The molecule has 3 rings (SSSR count). The van der Waals surface area contributed by atoms with E-state index in [-0.39, 0.29) is 17.9 Å². The standard InChI is InChI=1S/C25H18F6I6O9S/c26-24(27,28)23(25(29,30)31,8-47(41,42)43)46-22(40)11-2-9(20(38)44-18-14(34)4-12(32)5-15(18)35)1-10(3-11)21(39)45-19-16(36)6-13(33)7-17(19)37/h4-7,9-11,20,38H,1-3,8H2,(H,41,42,43). The highest BCUT2D eigenvalue weighted by atomic mass is 127. The van der Waals surface area contributed by atoms with E-state index in [0.29, 0.717) is 14.3 Å². The molecule has 4 unspecified atom stereocenters. The number of carbonyl (C=O) groups is 2. The summed E-state index contributed by atoms with van der Waals surface area (Å²) in [5.74, 6) is -10.4. The summed E-state index contributed by atoms with van der Waals surface area (Å²) in [7, 11) is -6.02. The Morgan fingerprint density at radius 2 is 1.17 bits per heavy atom. The van der Waals surface area contributed by atoms with Crippen LogP contribution in [-0.4, -0.2) is 60.0 Å². The van der Waals surface area contributed by atoms with Gasteiger partial charge < -0.3 is 19.3 Å². The smallest absolute Gasteiger partial charge is 0.438 e. The number of aliphatic hydroxyl groups excluding tert-OH is 1. The van der Waals surface area contributed by atoms with E-state index in [0.717, 1.165) is 7.14 Å². The Hall–Kier alpha value is 1.01. The molecule has 22 heteroatoms. The van der Waals surface area contributed by atoms with E-state index in [2.05, 4.69) is 4.74 Å². The summed E-state index contributed by atoms with van der Waals surface area (Å²) < 4.78 is 134. The molecule has 0 aliphatic heterocycles. The first kappa shape index (κ1) is 42.4. The lowest BCUT2D eigenvalue weighted by Crippen LogP contribution is -2.64. The molecular weight excluding hydrogens is 1350 g/mol. The van der Waals surface area contributed by atoms with E-state index in [1.54, 1.807) is 24.3 Å². The molecule has 0 spiro atoms. The van der Waals surface area contributed by atoms with Crippen molar-refractivity contribution in [1.29, 1.82) is 0 Å². The second-order valence-corrected chi connectivity index (χ2v) is 18.8. The number of rotatable bonds is 9. The van der Waals surface area contributed by atoms with Crippen molar-refractivity contribution in [2.24, 2.45) is 17.8 Å². The van der Waals surface area contributed by atoms with Crippen molar-refractivity contribution in [3.63, 3.8) is 0 Å². The summed E-state index contributed by atoms with van der Waals surface area (Å²) >= 11 is 11.7. The minimum Gasteiger partial charge on any atom is -0.463 e. The molecule has 2 aromatic carbocycles. The van der Waals surface area contributed by atoms with Crippen molar-refractivity contribution in [3.8, 4) is 11.5 Å². The minimum atomic E-state index is -6.54. The molecule has 0 aromatic heterocycles. The van der Waals surface area contributed by atoms with E-state index in [9.17, 15) is 49.5 Å². The second-order valence-electron chi connectivity index (χ2n) is 10.2. The number of hydrogen-bond acceptors (Lipinski definition) is 8. The quantitative estimate of drug-likeness (QED) is 0.0641. The zero-order valence-electron chi connectivity index (χ0n) is 22.6. The van der Waals surface area contributed by atoms with Gasteiger partial charge in [0, 0.05) is 13.1 Å². The van der Waals surface area contributed by atoms with Gasteiger partial charge in [0.2, 0.25) is 0 Å². The summed E-state index contributed by atoms with van der Waals surface area (Å²) in [5, 5.41) is 11.1. The number of ether oxygens (including phenoxy) is 3. The summed E-state index contributed by atoms with van der Waals surface area (Å²) in [6, 6.07) is 6.78.